The number of nitrogens with zero attached hydrogens (tertiary/aromatic N) is 2. The van der Waals surface area contributed by atoms with Crippen LogP contribution in [0.1, 0.15) is 0 Å². The maximum absolute atomic E-state index is 6.03. The SMILES string of the molecule is Clc1cccc(Cl)c1Nc1ncncc1Br. The van der Waals surface area contributed by atoms with Crippen molar-refractivity contribution in [2.24, 2.45) is 0 Å². The van der Waals surface area contributed by atoms with E-state index in [1.54, 1.807) is 24.4 Å². The molecule has 0 radical (unpaired) electrons. The molecule has 1 aromatic heterocycles. The average molecular weight is 319 g/mol. The molecule has 2 rings (SSSR count). The Morgan fingerprint density at radius 3 is 2.50 bits per heavy atom. The van der Waals surface area contributed by atoms with Crippen molar-refractivity contribution in [1.82, 2.24) is 9.97 Å². The highest BCUT2D eigenvalue weighted by atomic mass is 79.9. The molecule has 82 valence electrons. The van der Waals surface area contributed by atoms with Crippen LogP contribution in [0, 0.1) is 0 Å². The van der Waals surface area contributed by atoms with Crippen molar-refractivity contribution >= 4 is 50.6 Å². The third-order valence-corrected chi connectivity index (χ3v) is 3.08. The van der Waals surface area contributed by atoms with Gasteiger partial charge in [-0.25, -0.2) is 9.97 Å². The lowest BCUT2D eigenvalue weighted by Gasteiger charge is -2.10. The van der Waals surface area contributed by atoms with Crippen LogP contribution in [-0.2, 0) is 0 Å². The molecule has 1 heterocycles. The smallest absolute Gasteiger partial charge is 0.148 e. The summed E-state index contributed by atoms with van der Waals surface area (Å²) < 4.78 is 0.742. The van der Waals surface area contributed by atoms with E-state index >= 15 is 0 Å². The first kappa shape index (κ1) is 11.6. The number of rotatable bonds is 2. The van der Waals surface area contributed by atoms with E-state index in [0.29, 0.717) is 21.6 Å². The highest BCUT2D eigenvalue weighted by molar-refractivity contribution is 9.10. The number of hydrogen-bond acceptors (Lipinski definition) is 3. The van der Waals surface area contributed by atoms with Crippen LogP contribution >= 0.6 is 39.1 Å². The second-order valence-corrected chi connectivity index (χ2v) is 4.61. The first-order valence-electron chi connectivity index (χ1n) is 4.35. The fraction of sp³-hybridized carbons (Fsp3) is 0. The molecule has 6 heteroatoms. The van der Waals surface area contributed by atoms with Gasteiger partial charge in [-0.05, 0) is 28.1 Å². The summed E-state index contributed by atoms with van der Waals surface area (Å²) >= 11 is 15.4. The molecule has 0 aliphatic heterocycles. The summed E-state index contributed by atoms with van der Waals surface area (Å²) in [5, 5.41) is 4.13. The van der Waals surface area contributed by atoms with E-state index in [-0.39, 0.29) is 0 Å². The fourth-order valence-electron chi connectivity index (χ4n) is 1.14. The van der Waals surface area contributed by atoms with Crippen LogP contribution in [0.25, 0.3) is 0 Å². The number of nitrogens with one attached hydrogen (secondary N) is 1. The minimum atomic E-state index is 0.540. The van der Waals surface area contributed by atoms with Gasteiger partial charge in [0.2, 0.25) is 0 Å². The highest BCUT2D eigenvalue weighted by Gasteiger charge is 2.08. The van der Waals surface area contributed by atoms with Gasteiger partial charge in [0.25, 0.3) is 0 Å². The molecule has 1 N–H and O–H groups in total. The zero-order valence-corrected chi connectivity index (χ0v) is 11.0. The van der Waals surface area contributed by atoms with Gasteiger partial charge in [-0.2, -0.15) is 0 Å². The van der Waals surface area contributed by atoms with E-state index in [9.17, 15) is 0 Å². The quantitative estimate of drug-likeness (QED) is 0.897. The number of benzene rings is 1. The van der Waals surface area contributed by atoms with E-state index in [0.717, 1.165) is 4.47 Å². The molecule has 0 spiro atoms. The van der Waals surface area contributed by atoms with Crippen LogP contribution in [0.4, 0.5) is 11.5 Å². The van der Waals surface area contributed by atoms with E-state index in [2.05, 4.69) is 31.2 Å². The maximum Gasteiger partial charge on any atom is 0.148 e. The lowest BCUT2D eigenvalue weighted by molar-refractivity contribution is 1.15. The third kappa shape index (κ3) is 2.45. The van der Waals surface area contributed by atoms with Crippen molar-refractivity contribution in [2.75, 3.05) is 5.32 Å². The molecule has 0 aliphatic rings. The molecule has 0 atom stereocenters. The predicted octanol–water partition coefficient (Wildman–Crippen LogP) is 4.29. The number of para-hydroxylation sites is 1. The zero-order valence-electron chi connectivity index (χ0n) is 7.92. The van der Waals surface area contributed by atoms with Crippen molar-refractivity contribution in [3.63, 3.8) is 0 Å². The van der Waals surface area contributed by atoms with E-state index in [1.165, 1.54) is 6.33 Å². The highest BCUT2D eigenvalue weighted by Crippen LogP contribution is 2.33. The summed E-state index contributed by atoms with van der Waals surface area (Å²) in [6, 6.07) is 5.29. The van der Waals surface area contributed by atoms with Crippen LogP contribution in [0.5, 0.6) is 0 Å². The molecule has 0 aliphatic carbocycles. The molecule has 0 saturated carbocycles. The zero-order chi connectivity index (χ0) is 11.5. The van der Waals surface area contributed by atoms with Gasteiger partial charge < -0.3 is 5.32 Å². The van der Waals surface area contributed by atoms with Gasteiger partial charge in [-0.3, -0.25) is 0 Å². The van der Waals surface area contributed by atoms with Crippen LogP contribution in [0.3, 0.4) is 0 Å². The van der Waals surface area contributed by atoms with Gasteiger partial charge in [-0.15, -0.1) is 0 Å². The van der Waals surface area contributed by atoms with Gasteiger partial charge in [0, 0.05) is 6.20 Å². The van der Waals surface area contributed by atoms with E-state index in [1.807, 2.05) is 0 Å². The van der Waals surface area contributed by atoms with Crippen molar-refractivity contribution < 1.29 is 0 Å². The van der Waals surface area contributed by atoms with Crippen LogP contribution < -0.4 is 5.32 Å². The molecule has 0 amide bonds. The molecular formula is C10H6BrCl2N3. The van der Waals surface area contributed by atoms with Gasteiger partial charge in [0.15, 0.2) is 0 Å². The molecular weight excluding hydrogens is 313 g/mol. The predicted molar refractivity (Wildman–Crippen MR) is 69.5 cm³/mol. The van der Waals surface area contributed by atoms with Crippen LogP contribution in [0.15, 0.2) is 35.2 Å². The number of anilines is 2. The summed E-state index contributed by atoms with van der Waals surface area (Å²) in [7, 11) is 0. The van der Waals surface area contributed by atoms with E-state index < -0.39 is 0 Å². The van der Waals surface area contributed by atoms with Crippen molar-refractivity contribution in [3.8, 4) is 0 Å². The molecule has 2 aromatic rings. The van der Waals surface area contributed by atoms with Crippen molar-refractivity contribution in [1.29, 1.82) is 0 Å². The van der Waals surface area contributed by atoms with E-state index in [4.69, 9.17) is 23.2 Å². The van der Waals surface area contributed by atoms with Crippen molar-refractivity contribution in [2.45, 2.75) is 0 Å². The Balaban J connectivity index is 2.38. The number of hydrogen-bond donors (Lipinski definition) is 1. The Labute approximate surface area is 111 Å². The maximum atomic E-state index is 6.03. The van der Waals surface area contributed by atoms with Crippen LogP contribution in [0.2, 0.25) is 10.0 Å². The molecule has 0 fully saturated rings. The normalized spacial score (nSPS) is 10.2. The molecule has 1 aromatic carbocycles. The Hall–Kier alpha value is -0.840. The average Bonchev–Trinajstić information content (AvgIpc) is 2.26. The fourth-order valence-corrected chi connectivity index (χ4v) is 1.95. The summed E-state index contributed by atoms with van der Waals surface area (Å²) in [6.45, 7) is 0. The lowest BCUT2D eigenvalue weighted by Crippen LogP contribution is -1.96. The Bertz CT molecular complexity index is 499. The largest absolute Gasteiger partial charge is 0.337 e. The minimum Gasteiger partial charge on any atom is -0.337 e. The topological polar surface area (TPSA) is 37.8 Å². The Kier molecular flexibility index (Phi) is 3.63. The van der Waals surface area contributed by atoms with Crippen molar-refractivity contribution in [3.05, 3.63) is 45.2 Å². The number of aromatic nitrogens is 2. The standard InChI is InChI=1S/C10H6BrCl2N3/c11-6-4-14-5-15-10(6)16-9-7(12)2-1-3-8(9)13/h1-5H,(H,14,15,16). The molecule has 0 unspecified atom stereocenters. The first-order valence-corrected chi connectivity index (χ1v) is 5.90. The van der Waals surface area contributed by atoms with Gasteiger partial charge in [0.05, 0.1) is 20.2 Å². The minimum absolute atomic E-state index is 0.540. The monoisotopic (exact) mass is 317 g/mol. The second kappa shape index (κ2) is 4.99. The summed E-state index contributed by atoms with van der Waals surface area (Å²) in [6.07, 6.45) is 3.08. The van der Waals surface area contributed by atoms with Gasteiger partial charge in [0.1, 0.15) is 12.1 Å². The van der Waals surface area contributed by atoms with Crippen LogP contribution in [-0.4, -0.2) is 9.97 Å². The molecule has 0 bridgehead atoms. The summed E-state index contributed by atoms with van der Waals surface area (Å²) in [4.78, 5) is 7.94. The molecule has 16 heavy (non-hydrogen) atoms. The summed E-state index contributed by atoms with van der Waals surface area (Å²) in [5.74, 6) is 0.616. The Morgan fingerprint density at radius 2 is 1.88 bits per heavy atom. The number of halogens is 3. The third-order valence-electron chi connectivity index (χ3n) is 1.87. The lowest BCUT2D eigenvalue weighted by atomic mass is 10.3. The summed E-state index contributed by atoms with van der Waals surface area (Å²) in [5.41, 5.74) is 0.630. The molecule has 3 nitrogen and oxygen atoms in total. The second-order valence-electron chi connectivity index (χ2n) is 2.94. The van der Waals surface area contributed by atoms with Gasteiger partial charge >= 0.3 is 0 Å². The first-order chi connectivity index (χ1) is 7.68. The van der Waals surface area contributed by atoms with Gasteiger partial charge in [-0.1, -0.05) is 29.3 Å². The Morgan fingerprint density at radius 1 is 1.19 bits per heavy atom. The molecule has 0 saturated heterocycles.